The molecule has 0 spiro atoms. The molecule has 2 aromatic rings. The molecule has 0 aliphatic rings. The molecule has 4 heteroatoms. The standard InChI is InChI=1S/C16H13ClO3/c1-11(18)12-4-8-15(9-5-12)20-10-16(19)13-2-6-14(17)7-3-13/h2-9H,10H2,1H3. The maximum Gasteiger partial charge on any atom is 0.200 e. The first-order chi connectivity index (χ1) is 9.56. The summed E-state index contributed by atoms with van der Waals surface area (Å²) in [6.45, 7) is 1.45. The molecule has 0 heterocycles. The number of Topliss-reactive ketones (excluding diaryl/α,β-unsaturated/α-hetero) is 2. The number of ketones is 2. The SMILES string of the molecule is CC(=O)c1ccc(OCC(=O)c2ccc(Cl)cc2)cc1. The van der Waals surface area contributed by atoms with Gasteiger partial charge in [-0.2, -0.15) is 0 Å². The lowest BCUT2D eigenvalue weighted by Crippen LogP contribution is -2.11. The molecule has 0 amide bonds. The number of carbonyl (C=O) groups excluding carboxylic acids is 2. The van der Waals surface area contributed by atoms with Gasteiger partial charge in [0.15, 0.2) is 18.2 Å². The smallest absolute Gasteiger partial charge is 0.200 e. The maximum atomic E-state index is 11.9. The average molecular weight is 289 g/mol. The quantitative estimate of drug-likeness (QED) is 0.786. The van der Waals surface area contributed by atoms with Gasteiger partial charge in [0.1, 0.15) is 5.75 Å². The first-order valence-corrected chi connectivity index (χ1v) is 6.46. The van der Waals surface area contributed by atoms with Crippen LogP contribution in [-0.2, 0) is 0 Å². The molecule has 102 valence electrons. The highest BCUT2D eigenvalue weighted by atomic mass is 35.5. The maximum absolute atomic E-state index is 11.9. The van der Waals surface area contributed by atoms with Gasteiger partial charge in [-0.25, -0.2) is 0 Å². The molecule has 0 fully saturated rings. The summed E-state index contributed by atoms with van der Waals surface area (Å²) >= 11 is 5.76. The Bertz CT molecular complexity index is 615. The van der Waals surface area contributed by atoms with Crippen LogP contribution in [0, 0.1) is 0 Å². The summed E-state index contributed by atoms with van der Waals surface area (Å²) in [5.41, 5.74) is 1.16. The number of rotatable bonds is 5. The number of hydrogen-bond acceptors (Lipinski definition) is 3. The van der Waals surface area contributed by atoms with Gasteiger partial charge in [0.25, 0.3) is 0 Å². The van der Waals surface area contributed by atoms with E-state index in [4.69, 9.17) is 16.3 Å². The largest absolute Gasteiger partial charge is 0.485 e. The first kappa shape index (κ1) is 14.3. The second kappa shape index (κ2) is 6.35. The number of carbonyl (C=O) groups is 2. The fraction of sp³-hybridized carbons (Fsp3) is 0.125. The third kappa shape index (κ3) is 3.68. The number of hydrogen-bond donors (Lipinski definition) is 0. The summed E-state index contributed by atoms with van der Waals surface area (Å²) < 4.78 is 5.39. The van der Waals surface area contributed by atoms with Gasteiger partial charge in [0.2, 0.25) is 0 Å². The van der Waals surface area contributed by atoms with E-state index in [0.717, 1.165) is 0 Å². The lowest BCUT2D eigenvalue weighted by Gasteiger charge is -2.06. The predicted molar refractivity (Wildman–Crippen MR) is 77.7 cm³/mol. The molecule has 2 aromatic carbocycles. The van der Waals surface area contributed by atoms with Gasteiger partial charge in [0, 0.05) is 16.1 Å². The topological polar surface area (TPSA) is 43.4 Å². The Morgan fingerprint density at radius 1 is 0.950 bits per heavy atom. The second-order valence-electron chi connectivity index (χ2n) is 4.30. The Balaban J connectivity index is 1.96. The summed E-state index contributed by atoms with van der Waals surface area (Å²) in [5.74, 6) is 0.420. The predicted octanol–water partition coefficient (Wildman–Crippen LogP) is 3.80. The molecule has 0 saturated heterocycles. The molecule has 20 heavy (non-hydrogen) atoms. The van der Waals surface area contributed by atoms with Crippen molar-refractivity contribution >= 4 is 23.2 Å². The van der Waals surface area contributed by atoms with Crippen molar-refractivity contribution in [3.05, 3.63) is 64.7 Å². The van der Waals surface area contributed by atoms with E-state index in [1.165, 1.54) is 6.92 Å². The molecule has 0 aliphatic heterocycles. The Labute approximate surface area is 122 Å². The van der Waals surface area contributed by atoms with Crippen molar-refractivity contribution in [2.45, 2.75) is 6.92 Å². The van der Waals surface area contributed by atoms with Gasteiger partial charge >= 0.3 is 0 Å². The molecule has 2 rings (SSSR count). The summed E-state index contributed by atoms with van der Waals surface area (Å²) in [6, 6.07) is 13.3. The van der Waals surface area contributed by atoms with Crippen molar-refractivity contribution in [3.8, 4) is 5.75 Å². The van der Waals surface area contributed by atoms with Crippen LogP contribution < -0.4 is 4.74 Å². The van der Waals surface area contributed by atoms with Crippen molar-refractivity contribution in [1.29, 1.82) is 0 Å². The highest BCUT2D eigenvalue weighted by molar-refractivity contribution is 6.30. The van der Waals surface area contributed by atoms with Crippen molar-refractivity contribution in [1.82, 2.24) is 0 Å². The molecule has 0 bridgehead atoms. The van der Waals surface area contributed by atoms with E-state index >= 15 is 0 Å². The lowest BCUT2D eigenvalue weighted by atomic mass is 10.1. The van der Waals surface area contributed by atoms with Crippen LogP contribution in [-0.4, -0.2) is 18.2 Å². The van der Waals surface area contributed by atoms with Gasteiger partial charge in [-0.1, -0.05) is 11.6 Å². The Morgan fingerprint density at radius 2 is 1.50 bits per heavy atom. The van der Waals surface area contributed by atoms with Crippen LogP contribution in [0.25, 0.3) is 0 Å². The van der Waals surface area contributed by atoms with Crippen molar-refractivity contribution < 1.29 is 14.3 Å². The van der Waals surface area contributed by atoms with E-state index in [9.17, 15) is 9.59 Å². The van der Waals surface area contributed by atoms with E-state index in [-0.39, 0.29) is 18.2 Å². The van der Waals surface area contributed by atoms with Crippen LogP contribution in [0.15, 0.2) is 48.5 Å². The van der Waals surface area contributed by atoms with Gasteiger partial charge in [0.05, 0.1) is 0 Å². The fourth-order valence-corrected chi connectivity index (χ4v) is 1.78. The van der Waals surface area contributed by atoms with E-state index in [2.05, 4.69) is 0 Å². The Hall–Kier alpha value is -2.13. The molecule has 0 unspecified atom stereocenters. The Kier molecular flexibility index (Phi) is 4.53. The van der Waals surface area contributed by atoms with Crippen LogP contribution in [0.3, 0.4) is 0 Å². The third-order valence-corrected chi connectivity index (χ3v) is 3.05. The molecular weight excluding hydrogens is 276 g/mol. The van der Waals surface area contributed by atoms with Crippen molar-refractivity contribution in [2.75, 3.05) is 6.61 Å². The molecule has 0 N–H and O–H groups in total. The highest BCUT2D eigenvalue weighted by Gasteiger charge is 2.07. The zero-order valence-corrected chi connectivity index (χ0v) is 11.7. The van der Waals surface area contributed by atoms with Gasteiger partial charge < -0.3 is 4.74 Å². The van der Waals surface area contributed by atoms with Crippen LogP contribution in [0.5, 0.6) is 5.75 Å². The highest BCUT2D eigenvalue weighted by Crippen LogP contribution is 2.14. The van der Waals surface area contributed by atoms with Crippen LogP contribution in [0.1, 0.15) is 27.6 Å². The fourth-order valence-electron chi connectivity index (χ4n) is 1.65. The molecule has 0 radical (unpaired) electrons. The number of benzene rings is 2. The molecule has 0 saturated carbocycles. The molecule has 3 nitrogen and oxygen atoms in total. The zero-order chi connectivity index (χ0) is 14.5. The monoisotopic (exact) mass is 288 g/mol. The van der Waals surface area contributed by atoms with Crippen molar-refractivity contribution in [2.24, 2.45) is 0 Å². The molecule has 0 atom stereocenters. The number of halogens is 1. The molecule has 0 aliphatic carbocycles. The van der Waals surface area contributed by atoms with Gasteiger partial charge in [-0.05, 0) is 55.5 Å². The van der Waals surface area contributed by atoms with E-state index < -0.39 is 0 Å². The van der Waals surface area contributed by atoms with E-state index in [1.807, 2.05) is 0 Å². The molecule has 0 aromatic heterocycles. The summed E-state index contributed by atoms with van der Waals surface area (Å²) in [5, 5.41) is 0.585. The molecular formula is C16H13ClO3. The first-order valence-electron chi connectivity index (χ1n) is 6.09. The minimum Gasteiger partial charge on any atom is -0.485 e. The summed E-state index contributed by atoms with van der Waals surface area (Å²) in [4.78, 5) is 23.0. The van der Waals surface area contributed by atoms with Gasteiger partial charge in [-0.15, -0.1) is 0 Å². The lowest BCUT2D eigenvalue weighted by molar-refractivity contribution is 0.0920. The Morgan fingerprint density at radius 3 is 2.05 bits per heavy atom. The average Bonchev–Trinajstić information content (AvgIpc) is 2.46. The zero-order valence-electron chi connectivity index (χ0n) is 10.9. The minimum atomic E-state index is -0.127. The van der Waals surface area contributed by atoms with E-state index in [0.29, 0.717) is 21.9 Å². The number of ether oxygens (including phenoxy) is 1. The van der Waals surface area contributed by atoms with Gasteiger partial charge in [-0.3, -0.25) is 9.59 Å². The van der Waals surface area contributed by atoms with Crippen LogP contribution in [0.4, 0.5) is 0 Å². The minimum absolute atomic E-state index is 0.00575. The van der Waals surface area contributed by atoms with Crippen molar-refractivity contribution in [3.63, 3.8) is 0 Å². The third-order valence-electron chi connectivity index (χ3n) is 2.80. The van der Waals surface area contributed by atoms with Crippen LogP contribution >= 0.6 is 11.6 Å². The normalized spacial score (nSPS) is 10.1. The second-order valence-corrected chi connectivity index (χ2v) is 4.74. The summed E-state index contributed by atoms with van der Waals surface area (Å²) in [6.07, 6.45) is 0. The summed E-state index contributed by atoms with van der Waals surface area (Å²) in [7, 11) is 0. The van der Waals surface area contributed by atoms with E-state index in [1.54, 1.807) is 48.5 Å². The van der Waals surface area contributed by atoms with Crippen LogP contribution in [0.2, 0.25) is 5.02 Å².